The molecule has 1 amide bonds. The van der Waals surface area contributed by atoms with Crippen molar-refractivity contribution in [3.05, 3.63) is 95.1 Å². The number of halogens is 3. The number of hydrogen-bond donors (Lipinski definition) is 2. The Morgan fingerprint density at radius 2 is 1.43 bits per heavy atom. The van der Waals surface area contributed by atoms with Crippen molar-refractivity contribution in [2.24, 2.45) is 0 Å². The molecule has 0 bridgehead atoms. The van der Waals surface area contributed by atoms with Crippen molar-refractivity contribution in [3.8, 4) is 11.5 Å². The van der Waals surface area contributed by atoms with Gasteiger partial charge in [0.05, 0.1) is 18.7 Å². The Labute approximate surface area is 247 Å². The summed E-state index contributed by atoms with van der Waals surface area (Å²) in [5.74, 6) is 0.00705. The number of hydrogen-bond acceptors (Lipinski definition) is 5. The zero-order valence-corrected chi connectivity index (χ0v) is 25.2. The molecule has 42 heavy (non-hydrogen) atoms. The SMILES string of the molecule is CCC.CCO.Cc1ccccc1C.O=C(COc1ccc(CO)cc1)N1CCC(Oc2ccccc2C(F)(F)F)C1. The van der Waals surface area contributed by atoms with E-state index in [0.29, 0.717) is 18.7 Å². The molecular weight excluding hydrogens is 547 g/mol. The van der Waals surface area contributed by atoms with Gasteiger partial charge in [0.25, 0.3) is 5.91 Å². The first-order valence-corrected chi connectivity index (χ1v) is 14.1. The number of carbonyl (C=O) groups excluding carboxylic acids is 1. The predicted octanol–water partition coefficient (Wildman–Crippen LogP) is 6.97. The topological polar surface area (TPSA) is 79.2 Å². The monoisotopic (exact) mass is 591 g/mol. The molecule has 2 N–H and O–H groups in total. The Morgan fingerprint density at radius 3 is 1.93 bits per heavy atom. The van der Waals surface area contributed by atoms with E-state index in [9.17, 15) is 18.0 Å². The lowest BCUT2D eigenvalue weighted by atomic mass is 10.1. The molecule has 1 fully saturated rings. The van der Waals surface area contributed by atoms with E-state index < -0.39 is 17.8 Å². The van der Waals surface area contributed by atoms with Crippen molar-refractivity contribution >= 4 is 5.91 Å². The molecule has 0 spiro atoms. The van der Waals surface area contributed by atoms with Crippen molar-refractivity contribution in [2.45, 2.75) is 66.3 Å². The number of carbonyl (C=O) groups is 1. The van der Waals surface area contributed by atoms with Crippen LogP contribution < -0.4 is 9.47 Å². The van der Waals surface area contributed by atoms with E-state index in [0.717, 1.165) is 11.6 Å². The number of amides is 1. The number of nitrogens with zero attached hydrogens (tertiary/aromatic N) is 1. The van der Waals surface area contributed by atoms with Gasteiger partial charge in [-0.2, -0.15) is 13.2 Å². The molecule has 0 aliphatic carbocycles. The van der Waals surface area contributed by atoms with E-state index in [-0.39, 0.29) is 38.0 Å². The van der Waals surface area contributed by atoms with Crippen molar-refractivity contribution in [1.29, 1.82) is 0 Å². The average Bonchev–Trinajstić information content (AvgIpc) is 3.43. The van der Waals surface area contributed by atoms with Crippen LogP contribution in [0.1, 0.15) is 55.9 Å². The van der Waals surface area contributed by atoms with Crippen molar-refractivity contribution in [3.63, 3.8) is 0 Å². The molecule has 1 aliphatic heterocycles. The number of aryl methyl sites for hydroxylation is 2. The van der Waals surface area contributed by atoms with Crippen LogP contribution in [0.25, 0.3) is 0 Å². The van der Waals surface area contributed by atoms with E-state index >= 15 is 0 Å². The molecule has 4 rings (SSSR count). The highest BCUT2D eigenvalue weighted by Crippen LogP contribution is 2.36. The van der Waals surface area contributed by atoms with Gasteiger partial charge in [-0.1, -0.05) is 68.8 Å². The Balaban J connectivity index is 0.000000521. The summed E-state index contributed by atoms with van der Waals surface area (Å²) in [6.45, 7) is 10.8. The molecule has 232 valence electrons. The standard InChI is InChI=1S/C20H20F3NO4.C8H10.C3H8.C2H6O/c21-20(22,23)17-3-1-2-4-18(17)28-16-9-10-24(11-16)19(26)13-27-15-7-5-14(12-25)6-8-15;1-7-5-3-4-6-8(7)2;1-3-2;1-2-3/h1-8,16,25H,9-13H2;3-6H,1-2H3;3H2,1-2H3;3H,2H2,1H3. The molecule has 3 aromatic rings. The molecule has 0 radical (unpaired) electrons. The van der Waals surface area contributed by atoms with Gasteiger partial charge in [-0.25, -0.2) is 0 Å². The summed E-state index contributed by atoms with van der Waals surface area (Å²) >= 11 is 0. The summed E-state index contributed by atoms with van der Waals surface area (Å²) in [5, 5.41) is 16.6. The maximum atomic E-state index is 13.1. The van der Waals surface area contributed by atoms with Gasteiger partial charge in [-0.15, -0.1) is 0 Å². The fraction of sp³-hybridized carbons (Fsp3) is 0.424. The lowest BCUT2D eigenvalue weighted by Crippen LogP contribution is -2.34. The van der Waals surface area contributed by atoms with Crippen LogP contribution in [-0.4, -0.2) is 53.4 Å². The lowest BCUT2D eigenvalue weighted by molar-refractivity contribution is -0.139. The number of likely N-dealkylation sites (tertiary alicyclic amines) is 1. The van der Waals surface area contributed by atoms with Crippen LogP contribution in [0.4, 0.5) is 13.2 Å². The number of aliphatic hydroxyl groups is 2. The predicted molar refractivity (Wildman–Crippen MR) is 160 cm³/mol. The number of aliphatic hydroxyl groups excluding tert-OH is 2. The van der Waals surface area contributed by atoms with Crippen LogP contribution in [-0.2, 0) is 17.6 Å². The van der Waals surface area contributed by atoms with Crippen LogP contribution >= 0.6 is 0 Å². The minimum Gasteiger partial charge on any atom is -0.488 e. The van der Waals surface area contributed by atoms with Gasteiger partial charge >= 0.3 is 6.18 Å². The smallest absolute Gasteiger partial charge is 0.419 e. The first-order chi connectivity index (χ1) is 20.0. The summed E-state index contributed by atoms with van der Waals surface area (Å²) in [7, 11) is 0. The number of rotatable bonds is 6. The third-order valence-corrected chi connectivity index (χ3v) is 5.88. The Bertz CT molecular complexity index is 1150. The van der Waals surface area contributed by atoms with Gasteiger partial charge in [-0.05, 0) is 61.7 Å². The highest BCUT2D eigenvalue weighted by atomic mass is 19.4. The van der Waals surface area contributed by atoms with E-state index in [4.69, 9.17) is 19.7 Å². The van der Waals surface area contributed by atoms with Gasteiger partial charge in [0.1, 0.15) is 17.6 Å². The minimum absolute atomic E-state index is 0.0775. The molecule has 6 nitrogen and oxygen atoms in total. The molecule has 9 heteroatoms. The second kappa shape index (κ2) is 19.5. The zero-order valence-electron chi connectivity index (χ0n) is 25.2. The summed E-state index contributed by atoms with van der Waals surface area (Å²) in [6, 6.07) is 20.1. The molecule has 0 aromatic heterocycles. The first-order valence-electron chi connectivity index (χ1n) is 14.1. The van der Waals surface area contributed by atoms with E-state index in [1.54, 1.807) is 31.2 Å². The highest BCUT2D eigenvalue weighted by Gasteiger charge is 2.36. The minimum atomic E-state index is -4.50. The third-order valence-electron chi connectivity index (χ3n) is 5.88. The van der Waals surface area contributed by atoms with Gasteiger partial charge < -0.3 is 24.6 Å². The van der Waals surface area contributed by atoms with E-state index in [1.807, 2.05) is 0 Å². The molecule has 1 atom stereocenters. The fourth-order valence-corrected chi connectivity index (χ4v) is 3.62. The van der Waals surface area contributed by atoms with E-state index in [2.05, 4.69) is 52.0 Å². The van der Waals surface area contributed by atoms with Crippen molar-refractivity contribution in [2.75, 3.05) is 26.3 Å². The summed E-state index contributed by atoms with van der Waals surface area (Å²) in [4.78, 5) is 13.8. The quantitative estimate of drug-likeness (QED) is 0.324. The fourth-order valence-electron chi connectivity index (χ4n) is 3.62. The Hall–Kier alpha value is -3.56. The molecule has 1 aliphatic rings. The lowest BCUT2D eigenvalue weighted by Gasteiger charge is -2.19. The molecule has 1 unspecified atom stereocenters. The highest BCUT2D eigenvalue weighted by molar-refractivity contribution is 5.78. The Kier molecular flexibility index (Phi) is 17.0. The average molecular weight is 592 g/mol. The number of ether oxygens (including phenoxy) is 2. The van der Waals surface area contributed by atoms with Gasteiger partial charge in [0.2, 0.25) is 0 Å². The van der Waals surface area contributed by atoms with Crippen molar-refractivity contribution in [1.82, 2.24) is 4.90 Å². The van der Waals surface area contributed by atoms with Gasteiger partial charge in [0.15, 0.2) is 6.61 Å². The molecule has 0 saturated carbocycles. The van der Waals surface area contributed by atoms with Crippen LogP contribution in [0.3, 0.4) is 0 Å². The molecule has 1 saturated heterocycles. The second-order valence-corrected chi connectivity index (χ2v) is 9.56. The van der Waals surface area contributed by atoms with Crippen LogP contribution in [0, 0.1) is 13.8 Å². The molecule has 3 aromatic carbocycles. The maximum absolute atomic E-state index is 13.1. The summed E-state index contributed by atoms with van der Waals surface area (Å²) < 4.78 is 50.1. The van der Waals surface area contributed by atoms with Gasteiger partial charge in [-0.3, -0.25) is 4.79 Å². The van der Waals surface area contributed by atoms with Gasteiger partial charge in [0, 0.05) is 19.6 Å². The van der Waals surface area contributed by atoms with E-state index in [1.165, 1.54) is 40.6 Å². The summed E-state index contributed by atoms with van der Waals surface area (Å²) in [5.41, 5.74) is 2.65. The largest absolute Gasteiger partial charge is 0.488 e. The second-order valence-electron chi connectivity index (χ2n) is 9.56. The van der Waals surface area contributed by atoms with Crippen molar-refractivity contribution < 1.29 is 37.7 Å². The van der Waals surface area contributed by atoms with Crippen LogP contribution in [0.15, 0.2) is 72.8 Å². The number of benzene rings is 3. The molecule has 1 heterocycles. The Morgan fingerprint density at radius 1 is 0.905 bits per heavy atom. The maximum Gasteiger partial charge on any atom is 0.419 e. The third kappa shape index (κ3) is 13.4. The zero-order chi connectivity index (χ0) is 31.5. The number of alkyl halides is 3. The first kappa shape index (κ1) is 36.5. The molecular formula is C33H44F3NO5. The summed E-state index contributed by atoms with van der Waals surface area (Å²) in [6.07, 6.45) is -3.30. The number of para-hydroxylation sites is 1. The van der Waals surface area contributed by atoms with Crippen LogP contribution in [0.5, 0.6) is 11.5 Å². The normalized spacial score (nSPS) is 13.9. The van der Waals surface area contributed by atoms with Crippen LogP contribution in [0.2, 0.25) is 0 Å².